The molecule has 0 spiro atoms. The van der Waals surface area contributed by atoms with Crippen LogP contribution in [-0.2, 0) is 10.3 Å². The van der Waals surface area contributed by atoms with Gasteiger partial charge in [-0.15, -0.1) is 0 Å². The van der Waals surface area contributed by atoms with Crippen molar-refractivity contribution < 1.29 is 9.26 Å². The first-order valence-corrected chi connectivity index (χ1v) is 6.45. The smallest absolute Gasteiger partial charge is 0.243 e. The molecule has 1 fully saturated rings. The van der Waals surface area contributed by atoms with Crippen LogP contribution in [0.4, 0.5) is 0 Å². The molecular weight excluding hydrogens is 218 g/mol. The summed E-state index contributed by atoms with van der Waals surface area (Å²) in [4.78, 5) is 4.43. The maximum atomic E-state index is 5.89. The highest BCUT2D eigenvalue weighted by Gasteiger charge is 2.41. The predicted molar refractivity (Wildman–Crippen MR) is 63.3 cm³/mol. The molecule has 0 radical (unpaired) electrons. The first kappa shape index (κ1) is 12.5. The van der Waals surface area contributed by atoms with Crippen LogP contribution >= 0.6 is 0 Å². The maximum absolute atomic E-state index is 5.89. The summed E-state index contributed by atoms with van der Waals surface area (Å²) in [5, 5.41) is 4.07. The molecule has 1 aliphatic rings. The van der Waals surface area contributed by atoms with Crippen molar-refractivity contribution >= 4 is 0 Å². The molecular formula is C12H21N3O2. The lowest BCUT2D eigenvalue weighted by Gasteiger charge is -2.24. The van der Waals surface area contributed by atoms with Gasteiger partial charge in [0.05, 0.1) is 6.04 Å². The van der Waals surface area contributed by atoms with Gasteiger partial charge < -0.3 is 15.0 Å². The van der Waals surface area contributed by atoms with Gasteiger partial charge in [0.2, 0.25) is 11.7 Å². The lowest BCUT2D eigenvalue weighted by molar-refractivity contribution is -0.0469. The van der Waals surface area contributed by atoms with Crippen LogP contribution in [-0.4, -0.2) is 16.7 Å². The first-order valence-electron chi connectivity index (χ1n) is 6.45. The topological polar surface area (TPSA) is 74.2 Å². The second kappa shape index (κ2) is 5.14. The van der Waals surface area contributed by atoms with Gasteiger partial charge in [-0.25, -0.2) is 0 Å². The number of hydrogen-bond donors (Lipinski definition) is 1. The zero-order valence-corrected chi connectivity index (χ0v) is 10.6. The van der Waals surface area contributed by atoms with Crippen molar-refractivity contribution in [2.75, 3.05) is 6.61 Å². The molecule has 5 nitrogen and oxygen atoms in total. The first-order chi connectivity index (χ1) is 8.22. The number of aromatic nitrogens is 2. The van der Waals surface area contributed by atoms with Crippen molar-refractivity contribution in [2.24, 2.45) is 5.73 Å². The van der Waals surface area contributed by atoms with Gasteiger partial charge >= 0.3 is 0 Å². The zero-order valence-electron chi connectivity index (χ0n) is 10.6. The minimum absolute atomic E-state index is 0.170. The molecule has 96 valence electrons. The highest BCUT2D eigenvalue weighted by molar-refractivity contribution is 5.05. The van der Waals surface area contributed by atoms with Gasteiger partial charge in [0.15, 0.2) is 0 Å². The van der Waals surface area contributed by atoms with E-state index >= 15 is 0 Å². The Morgan fingerprint density at radius 2 is 2.12 bits per heavy atom. The second-order valence-corrected chi connectivity index (χ2v) is 4.61. The third-order valence-electron chi connectivity index (χ3n) is 3.44. The van der Waals surface area contributed by atoms with Gasteiger partial charge in [-0.3, -0.25) is 0 Å². The van der Waals surface area contributed by atoms with E-state index in [1.165, 1.54) is 0 Å². The molecule has 0 aliphatic heterocycles. The average molecular weight is 239 g/mol. The van der Waals surface area contributed by atoms with Crippen molar-refractivity contribution in [1.82, 2.24) is 10.1 Å². The molecule has 0 unspecified atom stereocenters. The Morgan fingerprint density at radius 3 is 2.71 bits per heavy atom. The zero-order chi connectivity index (χ0) is 12.3. The molecule has 0 bridgehead atoms. The monoisotopic (exact) mass is 239 g/mol. The van der Waals surface area contributed by atoms with Crippen LogP contribution in [0.2, 0.25) is 0 Å². The normalized spacial score (nSPS) is 20.6. The number of rotatable bonds is 5. The maximum Gasteiger partial charge on any atom is 0.243 e. The molecule has 2 N–H and O–H groups in total. The minimum Gasteiger partial charge on any atom is -0.367 e. The highest BCUT2D eigenvalue weighted by Crippen LogP contribution is 2.40. The van der Waals surface area contributed by atoms with Crippen LogP contribution in [0.3, 0.4) is 0 Å². The third-order valence-corrected chi connectivity index (χ3v) is 3.44. The molecule has 1 aliphatic carbocycles. The molecule has 1 aromatic heterocycles. The van der Waals surface area contributed by atoms with Gasteiger partial charge in [0, 0.05) is 6.61 Å². The van der Waals surface area contributed by atoms with Gasteiger partial charge in [-0.2, -0.15) is 4.98 Å². The van der Waals surface area contributed by atoms with E-state index in [2.05, 4.69) is 10.1 Å². The van der Waals surface area contributed by atoms with Crippen LogP contribution in [0, 0.1) is 0 Å². The Hall–Kier alpha value is -0.940. The van der Waals surface area contributed by atoms with E-state index in [0.29, 0.717) is 18.3 Å². The standard InChI is InChI=1S/C12H21N3O2/c1-3-9(13)10-14-11(15-17-10)12(16-4-2)7-5-6-8-12/h9H,3-8,13H2,1-2H3/t9-/m1/s1. The number of hydrogen-bond acceptors (Lipinski definition) is 5. The van der Waals surface area contributed by atoms with E-state index in [0.717, 1.165) is 32.1 Å². The molecule has 1 atom stereocenters. The van der Waals surface area contributed by atoms with Crippen LogP contribution in [0.5, 0.6) is 0 Å². The van der Waals surface area contributed by atoms with E-state index in [4.69, 9.17) is 15.0 Å². The summed E-state index contributed by atoms with van der Waals surface area (Å²) in [6.07, 6.45) is 5.05. The summed E-state index contributed by atoms with van der Waals surface area (Å²) in [7, 11) is 0. The van der Waals surface area contributed by atoms with Crippen LogP contribution < -0.4 is 5.73 Å². The Bertz CT molecular complexity index is 358. The molecule has 17 heavy (non-hydrogen) atoms. The summed E-state index contributed by atoms with van der Waals surface area (Å²) in [5.41, 5.74) is 5.56. The van der Waals surface area contributed by atoms with Gasteiger partial charge in [-0.05, 0) is 39.0 Å². The van der Waals surface area contributed by atoms with Crippen molar-refractivity contribution in [3.8, 4) is 0 Å². The third kappa shape index (κ3) is 2.35. The molecule has 1 saturated carbocycles. The summed E-state index contributed by atoms with van der Waals surface area (Å²) < 4.78 is 11.1. The van der Waals surface area contributed by atoms with Crippen LogP contribution in [0.1, 0.15) is 63.7 Å². The Balaban J connectivity index is 2.22. The summed E-state index contributed by atoms with van der Waals surface area (Å²) in [5.74, 6) is 1.20. The summed E-state index contributed by atoms with van der Waals surface area (Å²) >= 11 is 0. The Labute approximate surface area is 102 Å². The van der Waals surface area contributed by atoms with Gasteiger partial charge in [-0.1, -0.05) is 12.1 Å². The van der Waals surface area contributed by atoms with Crippen LogP contribution in [0.25, 0.3) is 0 Å². The quantitative estimate of drug-likeness (QED) is 0.853. The molecule has 0 saturated heterocycles. The fourth-order valence-electron chi connectivity index (χ4n) is 2.40. The molecule has 0 amide bonds. The van der Waals surface area contributed by atoms with Crippen molar-refractivity contribution in [3.05, 3.63) is 11.7 Å². The van der Waals surface area contributed by atoms with E-state index in [1.807, 2.05) is 13.8 Å². The predicted octanol–water partition coefficient (Wildman–Crippen LogP) is 2.29. The van der Waals surface area contributed by atoms with Crippen molar-refractivity contribution in [2.45, 2.75) is 57.6 Å². The van der Waals surface area contributed by atoms with Crippen molar-refractivity contribution in [1.29, 1.82) is 0 Å². The molecule has 2 rings (SSSR count). The lowest BCUT2D eigenvalue weighted by atomic mass is 10.0. The van der Waals surface area contributed by atoms with E-state index < -0.39 is 0 Å². The van der Waals surface area contributed by atoms with E-state index in [1.54, 1.807) is 0 Å². The molecule has 1 aromatic rings. The number of nitrogens with two attached hydrogens (primary N) is 1. The summed E-state index contributed by atoms with van der Waals surface area (Å²) in [6, 6.07) is -0.170. The fourth-order valence-corrected chi connectivity index (χ4v) is 2.40. The SMILES string of the molecule is CCOC1(c2noc([C@H](N)CC)n2)CCCC1. The second-order valence-electron chi connectivity index (χ2n) is 4.61. The molecule has 5 heteroatoms. The molecule has 0 aromatic carbocycles. The van der Waals surface area contributed by atoms with Gasteiger partial charge in [0.25, 0.3) is 0 Å². The lowest BCUT2D eigenvalue weighted by Crippen LogP contribution is -2.27. The van der Waals surface area contributed by atoms with Crippen LogP contribution in [0.15, 0.2) is 4.52 Å². The van der Waals surface area contributed by atoms with Crippen molar-refractivity contribution in [3.63, 3.8) is 0 Å². The fraction of sp³-hybridized carbons (Fsp3) is 0.833. The average Bonchev–Trinajstić information content (AvgIpc) is 2.97. The van der Waals surface area contributed by atoms with Gasteiger partial charge in [0.1, 0.15) is 5.60 Å². The number of nitrogens with zero attached hydrogens (tertiary/aromatic N) is 2. The minimum atomic E-state index is -0.329. The van der Waals surface area contributed by atoms with E-state index in [-0.39, 0.29) is 11.6 Å². The Morgan fingerprint density at radius 1 is 1.41 bits per heavy atom. The summed E-state index contributed by atoms with van der Waals surface area (Å²) in [6.45, 7) is 4.67. The Kier molecular flexibility index (Phi) is 3.79. The molecule has 1 heterocycles. The largest absolute Gasteiger partial charge is 0.367 e. The number of ether oxygens (including phenoxy) is 1. The highest BCUT2D eigenvalue weighted by atomic mass is 16.5. The van der Waals surface area contributed by atoms with E-state index in [9.17, 15) is 0 Å².